The number of hydrogen-bond acceptors (Lipinski definition) is 4. The van der Waals surface area contributed by atoms with Crippen LogP contribution in [0.15, 0.2) is 30.3 Å². The molecular weight excluding hydrogens is 292 g/mol. The van der Waals surface area contributed by atoms with E-state index in [2.05, 4.69) is 11.2 Å². The van der Waals surface area contributed by atoms with E-state index in [0.29, 0.717) is 18.8 Å². The van der Waals surface area contributed by atoms with E-state index in [1.54, 1.807) is 11.6 Å². The number of allylic oxidation sites excluding steroid dienone is 1. The molecule has 1 N–H and O–H groups in total. The van der Waals surface area contributed by atoms with E-state index < -0.39 is 0 Å². The molecule has 120 valence electrons. The SMILES string of the molecule is CCOC(=O)c1c2c(nn1CCO)C(=Cc1ccccc1)CC2. The first-order chi connectivity index (χ1) is 11.2. The summed E-state index contributed by atoms with van der Waals surface area (Å²) >= 11 is 0. The van der Waals surface area contributed by atoms with Crippen molar-refractivity contribution in [2.75, 3.05) is 13.2 Å². The number of aliphatic hydroxyl groups is 1. The number of aromatic nitrogens is 2. The van der Waals surface area contributed by atoms with Crippen molar-refractivity contribution in [3.8, 4) is 0 Å². The Morgan fingerprint density at radius 2 is 2.13 bits per heavy atom. The van der Waals surface area contributed by atoms with E-state index in [0.717, 1.165) is 35.2 Å². The van der Waals surface area contributed by atoms with Crippen molar-refractivity contribution in [3.63, 3.8) is 0 Å². The van der Waals surface area contributed by atoms with Crippen LogP contribution in [-0.4, -0.2) is 34.1 Å². The van der Waals surface area contributed by atoms with Crippen LogP contribution in [0.4, 0.5) is 0 Å². The fraction of sp³-hybridized carbons (Fsp3) is 0.333. The molecule has 1 heterocycles. The van der Waals surface area contributed by atoms with Gasteiger partial charge in [-0.1, -0.05) is 30.3 Å². The van der Waals surface area contributed by atoms with Crippen LogP contribution in [0.2, 0.25) is 0 Å². The highest BCUT2D eigenvalue weighted by molar-refractivity contribution is 5.94. The van der Waals surface area contributed by atoms with Gasteiger partial charge in [0.2, 0.25) is 0 Å². The van der Waals surface area contributed by atoms with Gasteiger partial charge in [-0.3, -0.25) is 4.68 Å². The summed E-state index contributed by atoms with van der Waals surface area (Å²) in [4.78, 5) is 12.2. The number of rotatable bonds is 5. The lowest BCUT2D eigenvalue weighted by Gasteiger charge is -2.07. The fourth-order valence-corrected chi connectivity index (χ4v) is 2.95. The number of aliphatic hydroxyl groups excluding tert-OH is 1. The third-order valence-corrected chi connectivity index (χ3v) is 3.92. The van der Waals surface area contributed by atoms with Crippen molar-refractivity contribution in [2.45, 2.75) is 26.3 Å². The van der Waals surface area contributed by atoms with Gasteiger partial charge in [-0.05, 0) is 37.0 Å². The molecule has 0 fully saturated rings. The normalized spacial score (nSPS) is 15.0. The summed E-state index contributed by atoms with van der Waals surface area (Å²) in [5, 5.41) is 13.8. The number of carbonyl (C=O) groups excluding carboxylic acids is 1. The van der Waals surface area contributed by atoms with Gasteiger partial charge in [0.05, 0.1) is 25.5 Å². The molecular formula is C18H20N2O3. The predicted octanol–water partition coefficient (Wildman–Crippen LogP) is 2.54. The van der Waals surface area contributed by atoms with Gasteiger partial charge in [-0.15, -0.1) is 0 Å². The minimum atomic E-state index is -0.365. The van der Waals surface area contributed by atoms with Gasteiger partial charge in [0.25, 0.3) is 0 Å². The highest BCUT2D eigenvalue weighted by Gasteiger charge is 2.30. The van der Waals surface area contributed by atoms with Crippen molar-refractivity contribution in [1.82, 2.24) is 9.78 Å². The summed E-state index contributed by atoms with van der Waals surface area (Å²) in [6.07, 6.45) is 3.74. The molecule has 0 saturated carbocycles. The van der Waals surface area contributed by atoms with Gasteiger partial charge in [0.1, 0.15) is 5.69 Å². The molecule has 1 aliphatic carbocycles. The highest BCUT2D eigenvalue weighted by Crippen LogP contribution is 2.35. The third kappa shape index (κ3) is 3.05. The summed E-state index contributed by atoms with van der Waals surface area (Å²) in [6.45, 7) is 2.33. The van der Waals surface area contributed by atoms with E-state index in [1.165, 1.54) is 0 Å². The lowest BCUT2D eigenvalue weighted by atomic mass is 10.1. The summed E-state index contributed by atoms with van der Waals surface area (Å²) < 4.78 is 6.72. The molecule has 0 bridgehead atoms. The van der Waals surface area contributed by atoms with Crippen LogP contribution >= 0.6 is 0 Å². The Hall–Kier alpha value is -2.40. The van der Waals surface area contributed by atoms with Crippen molar-refractivity contribution < 1.29 is 14.6 Å². The Morgan fingerprint density at radius 1 is 1.35 bits per heavy atom. The van der Waals surface area contributed by atoms with Gasteiger partial charge < -0.3 is 9.84 Å². The van der Waals surface area contributed by atoms with Crippen molar-refractivity contribution in [2.24, 2.45) is 0 Å². The Balaban J connectivity index is 2.01. The number of nitrogens with zero attached hydrogens (tertiary/aromatic N) is 2. The molecule has 0 radical (unpaired) electrons. The van der Waals surface area contributed by atoms with E-state index >= 15 is 0 Å². The number of hydrogen-bond donors (Lipinski definition) is 1. The molecule has 23 heavy (non-hydrogen) atoms. The topological polar surface area (TPSA) is 64.3 Å². The van der Waals surface area contributed by atoms with Gasteiger partial charge in [-0.25, -0.2) is 4.79 Å². The second kappa shape index (κ2) is 6.79. The number of benzene rings is 1. The molecule has 1 aliphatic rings. The van der Waals surface area contributed by atoms with Crippen LogP contribution in [0.1, 0.15) is 40.7 Å². The molecule has 5 nitrogen and oxygen atoms in total. The predicted molar refractivity (Wildman–Crippen MR) is 87.9 cm³/mol. The first kappa shape index (κ1) is 15.5. The molecule has 0 spiro atoms. The smallest absolute Gasteiger partial charge is 0.356 e. The molecule has 5 heteroatoms. The number of fused-ring (bicyclic) bond motifs is 1. The highest BCUT2D eigenvalue weighted by atomic mass is 16.5. The van der Waals surface area contributed by atoms with E-state index in [1.807, 2.05) is 30.3 Å². The maximum atomic E-state index is 12.2. The average Bonchev–Trinajstić information content (AvgIpc) is 3.09. The lowest BCUT2D eigenvalue weighted by Crippen LogP contribution is -2.16. The maximum Gasteiger partial charge on any atom is 0.356 e. The summed E-state index contributed by atoms with van der Waals surface area (Å²) in [5.41, 5.74) is 4.50. The molecule has 0 amide bonds. The van der Waals surface area contributed by atoms with Gasteiger partial charge in [0.15, 0.2) is 0 Å². The zero-order valence-corrected chi connectivity index (χ0v) is 13.2. The van der Waals surface area contributed by atoms with Crippen molar-refractivity contribution in [3.05, 3.63) is 52.8 Å². The van der Waals surface area contributed by atoms with Gasteiger partial charge in [-0.2, -0.15) is 5.10 Å². The fourth-order valence-electron chi connectivity index (χ4n) is 2.95. The number of carbonyl (C=O) groups is 1. The van der Waals surface area contributed by atoms with E-state index in [4.69, 9.17) is 4.74 Å². The summed E-state index contributed by atoms with van der Waals surface area (Å²) in [7, 11) is 0. The van der Waals surface area contributed by atoms with E-state index in [9.17, 15) is 9.90 Å². The second-order valence-electron chi connectivity index (χ2n) is 5.42. The summed E-state index contributed by atoms with van der Waals surface area (Å²) in [5.74, 6) is -0.365. The van der Waals surface area contributed by atoms with Crippen LogP contribution in [0.5, 0.6) is 0 Å². The molecule has 1 aromatic carbocycles. The first-order valence-electron chi connectivity index (χ1n) is 7.88. The quantitative estimate of drug-likeness (QED) is 0.862. The largest absolute Gasteiger partial charge is 0.461 e. The minimum Gasteiger partial charge on any atom is -0.461 e. The Kier molecular flexibility index (Phi) is 4.57. The monoisotopic (exact) mass is 312 g/mol. The Morgan fingerprint density at radius 3 is 2.83 bits per heavy atom. The van der Waals surface area contributed by atoms with Crippen LogP contribution in [0, 0.1) is 0 Å². The standard InChI is InChI=1S/C18H20N2O3/c1-2-23-18(22)17-15-9-8-14(12-13-6-4-3-5-7-13)16(15)19-20(17)10-11-21/h3-7,12,21H,2,8-11H2,1H3. The second-order valence-corrected chi connectivity index (χ2v) is 5.42. The summed E-state index contributed by atoms with van der Waals surface area (Å²) in [6, 6.07) is 10.1. The molecule has 0 atom stereocenters. The lowest BCUT2D eigenvalue weighted by molar-refractivity contribution is 0.0509. The van der Waals surface area contributed by atoms with Gasteiger partial charge in [0, 0.05) is 5.56 Å². The van der Waals surface area contributed by atoms with E-state index in [-0.39, 0.29) is 12.6 Å². The first-order valence-corrected chi connectivity index (χ1v) is 7.88. The maximum absolute atomic E-state index is 12.2. The van der Waals surface area contributed by atoms with Crippen LogP contribution < -0.4 is 0 Å². The molecule has 0 saturated heterocycles. The third-order valence-electron chi connectivity index (χ3n) is 3.92. The molecule has 0 aliphatic heterocycles. The zero-order valence-electron chi connectivity index (χ0n) is 13.2. The molecule has 3 rings (SSSR count). The van der Waals surface area contributed by atoms with Crippen molar-refractivity contribution in [1.29, 1.82) is 0 Å². The van der Waals surface area contributed by atoms with Crippen LogP contribution in [0.3, 0.4) is 0 Å². The molecule has 1 aromatic heterocycles. The van der Waals surface area contributed by atoms with Gasteiger partial charge >= 0.3 is 5.97 Å². The average molecular weight is 312 g/mol. The molecule has 0 unspecified atom stereocenters. The van der Waals surface area contributed by atoms with Crippen LogP contribution in [-0.2, 0) is 17.7 Å². The Labute approximate surface area is 135 Å². The molecule has 2 aromatic rings. The number of esters is 1. The van der Waals surface area contributed by atoms with Crippen molar-refractivity contribution >= 4 is 17.6 Å². The van der Waals surface area contributed by atoms with Crippen LogP contribution in [0.25, 0.3) is 11.6 Å². The number of ether oxygens (including phenoxy) is 1. The zero-order chi connectivity index (χ0) is 16.2. The Bertz CT molecular complexity index is 732. The minimum absolute atomic E-state index is 0.0648.